The van der Waals surface area contributed by atoms with Crippen LogP contribution in [0.5, 0.6) is 0 Å². The lowest BCUT2D eigenvalue weighted by Crippen LogP contribution is -2.23. The number of benzene rings is 1. The molecule has 0 N–H and O–H groups in total. The second kappa shape index (κ2) is 8.61. The number of hydrogen-bond acceptors (Lipinski definition) is 8. The van der Waals surface area contributed by atoms with Gasteiger partial charge in [0.05, 0.1) is 35.2 Å². The third kappa shape index (κ3) is 4.17. The number of carbonyl (C=O) groups excluding carboxylic acids is 3. The lowest BCUT2D eigenvalue weighted by atomic mass is 10.2. The predicted octanol–water partition coefficient (Wildman–Crippen LogP) is 2.17. The van der Waals surface area contributed by atoms with E-state index >= 15 is 0 Å². The van der Waals surface area contributed by atoms with Crippen molar-refractivity contribution in [3.8, 4) is 0 Å². The van der Waals surface area contributed by atoms with E-state index in [0.29, 0.717) is 15.8 Å². The van der Waals surface area contributed by atoms with Gasteiger partial charge >= 0.3 is 17.8 Å². The van der Waals surface area contributed by atoms with Crippen molar-refractivity contribution >= 4 is 39.4 Å². The molecule has 0 unspecified atom stereocenters. The van der Waals surface area contributed by atoms with Crippen LogP contribution in [0.3, 0.4) is 0 Å². The van der Waals surface area contributed by atoms with E-state index in [2.05, 4.69) is 10.1 Å². The van der Waals surface area contributed by atoms with Crippen molar-refractivity contribution in [3.63, 3.8) is 0 Å². The molecule has 0 radical (unpaired) electrons. The van der Waals surface area contributed by atoms with Crippen LogP contribution in [0.25, 0.3) is 10.2 Å². The van der Waals surface area contributed by atoms with Gasteiger partial charge in [-0.2, -0.15) is 4.99 Å². The average molecular weight is 403 g/mol. The van der Waals surface area contributed by atoms with E-state index in [1.807, 2.05) is 0 Å². The molecule has 10 heteroatoms. The van der Waals surface area contributed by atoms with Crippen molar-refractivity contribution in [1.29, 1.82) is 0 Å². The fourth-order valence-corrected chi connectivity index (χ4v) is 3.52. The molecule has 1 aromatic carbocycles. The number of hydrogen-bond donors (Lipinski definition) is 0. The minimum absolute atomic E-state index is 0.0210. The van der Waals surface area contributed by atoms with Gasteiger partial charge in [-0.05, 0) is 32.0 Å². The van der Waals surface area contributed by atoms with Crippen molar-refractivity contribution in [3.05, 3.63) is 46.6 Å². The van der Waals surface area contributed by atoms with E-state index in [9.17, 15) is 14.4 Å². The molecule has 0 spiro atoms. The predicted molar refractivity (Wildman–Crippen MR) is 98.8 cm³/mol. The van der Waals surface area contributed by atoms with Crippen LogP contribution in [-0.4, -0.2) is 40.8 Å². The molecule has 0 saturated heterocycles. The fourth-order valence-electron chi connectivity index (χ4n) is 2.46. The van der Waals surface area contributed by atoms with Crippen LogP contribution in [0.2, 0.25) is 0 Å². The van der Waals surface area contributed by atoms with Crippen molar-refractivity contribution in [2.45, 2.75) is 20.4 Å². The Morgan fingerprint density at radius 2 is 1.96 bits per heavy atom. The summed E-state index contributed by atoms with van der Waals surface area (Å²) in [6.07, 6.45) is 1.34. The quantitative estimate of drug-likeness (QED) is 0.580. The van der Waals surface area contributed by atoms with Crippen LogP contribution < -0.4 is 4.80 Å². The van der Waals surface area contributed by atoms with Crippen LogP contribution in [-0.2, 0) is 20.8 Å². The highest BCUT2D eigenvalue weighted by Gasteiger charge is 2.16. The Morgan fingerprint density at radius 1 is 1.18 bits per heavy atom. The zero-order chi connectivity index (χ0) is 20.1. The summed E-state index contributed by atoms with van der Waals surface area (Å²) in [7, 11) is 0. The van der Waals surface area contributed by atoms with Crippen LogP contribution in [0.4, 0.5) is 0 Å². The lowest BCUT2D eigenvalue weighted by Gasteiger charge is -2.06. The van der Waals surface area contributed by atoms with E-state index in [4.69, 9.17) is 14.0 Å². The second-order valence-electron chi connectivity index (χ2n) is 5.47. The number of carbonyl (C=O) groups is 3. The second-order valence-corrected chi connectivity index (χ2v) is 6.48. The summed E-state index contributed by atoms with van der Waals surface area (Å²) in [6, 6.07) is 6.30. The molecule has 3 rings (SSSR count). The molecule has 28 heavy (non-hydrogen) atoms. The van der Waals surface area contributed by atoms with E-state index in [-0.39, 0.29) is 30.3 Å². The molecule has 2 aromatic heterocycles. The monoisotopic (exact) mass is 403 g/mol. The molecule has 0 aliphatic heterocycles. The van der Waals surface area contributed by atoms with Gasteiger partial charge in [0.1, 0.15) is 6.54 Å². The Bertz CT molecular complexity index is 1080. The summed E-state index contributed by atoms with van der Waals surface area (Å²) in [5.74, 6) is -1.57. The minimum atomic E-state index is -0.632. The average Bonchev–Trinajstić information content (AvgIpc) is 3.31. The van der Waals surface area contributed by atoms with E-state index in [1.54, 1.807) is 36.6 Å². The number of esters is 2. The van der Waals surface area contributed by atoms with Gasteiger partial charge in [0, 0.05) is 6.07 Å². The largest absolute Gasteiger partial charge is 0.465 e. The van der Waals surface area contributed by atoms with Crippen LogP contribution in [0.1, 0.15) is 34.8 Å². The molecule has 0 atom stereocenters. The van der Waals surface area contributed by atoms with Gasteiger partial charge in [-0.15, -0.1) is 0 Å². The highest BCUT2D eigenvalue weighted by molar-refractivity contribution is 7.16. The third-order valence-electron chi connectivity index (χ3n) is 3.63. The Morgan fingerprint density at radius 3 is 2.64 bits per heavy atom. The van der Waals surface area contributed by atoms with E-state index in [0.717, 1.165) is 11.3 Å². The molecule has 0 aliphatic rings. The number of fused-ring (bicyclic) bond motifs is 1. The summed E-state index contributed by atoms with van der Waals surface area (Å²) < 4.78 is 17.1. The maximum atomic E-state index is 12.3. The highest BCUT2D eigenvalue weighted by Crippen LogP contribution is 2.20. The molecule has 2 heterocycles. The number of thiazole rings is 1. The Kier molecular flexibility index (Phi) is 5.99. The van der Waals surface area contributed by atoms with Gasteiger partial charge in [-0.1, -0.05) is 16.5 Å². The standard InChI is InChI=1S/C18H17N3O6S/c1-3-25-15(22)10-21-12-6-5-11(17(24)26-4-2)9-14(12)28-18(21)20-16(23)13-7-8-19-27-13/h5-9H,3-4,10H2,1-2H3. The molecular formula is C18H17N3O6S. The SMILES string of the molecule is CCOC(=O)Cn1c(=NC(=O)c2ccno2)sc2cc(C(=O)OCC)ccc21. The number of aromatic nitrogens is 2. The summed E-state index contributed by atoms with van der Waals surface area (Å²) in [6.45, 7) is 3.79. The Balaban J connectivity index is 2.10. The van der Waals surface area contributed by atoms with Crippen LogP contribution in [0.15, 0.2) is 40.0 Å². The molecule has 0 aliphatic carbocycles. The third-order valence-corrected chi connectivity index (χ3v) is 4.67. The van der Waals surface area contributed by atoms with Gasteiger partial charge in [0.2, 0.25) is 5.76 Å². The summed E-state index contributed by atoms with van der Waals surface area (Å²) in [5.41, 5.74) is 1.00. The molecule has 0 fully saturated rings. The molecule has 146 valence electrons. The number of ether oxygens (including phenoxy) is 2. The summed E-state index contributed by atoms with van der Waals surface area (Å²) in [4.78, 5) is 40.6. The lowest BCUT2D eigenvalue weighted by molar-refractivity contribution is -0.143. The van der Waals surface area contributed by atoms with Gasteiger partial charge in [0.25, 0.3) is 0 Å². The Hall–Kier alpha value is -3.27. The van der Waals surface area contributed by atoms with Gasteiger partial charge < -0.3 is 18.6 Å². The molecule has 1 amide bonds. The maximum absolute atomic E-state index is 12.3. The first kappa shape index (κ1) is 19.5. The molecule has 9 nitrogen and oxygen atoms in total. The number of nitrogens with zero attached hydrogens (tertiary/aromatic N) is 3. The van der Waals surface area contributed by atoms with Gasteiger partial charge in [0.15, 0.2) is 4.80 Å². The Labute approximate surface area is 163 Å². The minimum Gasteiger partial charge on any atom is -0.465 e. The van der Waals surface area contributed by atoms with Crippen LogP contribution in [0, 0.1) is 0 Å². The number of rotatable bonds is 6. The first-order valence-electron chi connectivity index (χ1n) is 8.49. The molecular weight excluding hydrogens is 386 g/mol. The zero-order valence-electron chi connectivity index (χ0n) is 15.2. The zero-order valence-corrected chi connectivity index (χ0v) is 16.0. The van der Waals surface area contributed by atoms with Crippen molar-refractivity contribution in [2.75, 3.05) is 13.2 Å². The fraction of sp³-hybridized carbons (Fsp3) is 0.278. The van der Waals surface area contributed by atoms with Crippen molar-refractivity contribution in [2.24, 2.45) is 4.99 Å². The summed E-state index contributed by atoms with van der Waals surface area (Å²) >= 11 is 1.16. The molecule has 0 bridgehead atoms. The van der Waals surface area contributed by atoms with Crippen molar-refractivity contribution in [1.82, 2.24) is 9.72 Å². The van der Waals surface area contributed by atoms with Crippen molar-refractivity contribution < 1.29 is 28.4 Å². The molecule has 3 aromatic rings. The first-order chi connectivity index (χ1) is 13.5. The molecule has 0 saturated carbocycles. The first-order valence-corrected chi connectivity index (χ1v) is 9.31. The maximum Gasteiger partial charge on any atom is 0.338 e. The smallest absolute Gasteiger partial charge is 0.338 e. The van der Waals surface area contributed by atoms with E-state index < -0.39 is 17.8 Å². The number of amides is 1. The van der Waals surface area contributed by atoms with Crippen LogP contribution >= 0.6 is 11.3 Å². The van der Waals surface area contributed by atoms with Gasteiger partial charge in [-0.3, -0.25) is 9.59 Å². The normalized spacial score (nSPS) is 11.6. The highest BCUT2D eigenvalue weighted by atomic mass is 32.1. The van der Waals surface area contributed by atoms with E-state index in [1.165, 1.54) is 12.3 Å². The topological polar surface area (TPSA) is 113 Å². The summed E-state index contributed by atoms with van der Waals surface area (Å²) in [5, 5.41) is 3.49. The van der Waals surface area contributed by atoms with Gasteiger partial charge in [-0.25, -0.2) is 4.79 Å².